The Morgan fingerprint density at radius 1 is 1.29 bits per heavy atom. The topological polar surface area (TPSA) is 64.7 Å². The molecule has 1 atom stereocenters. The monoisotopic (exact) mass is 232 g/mol. The smallest absolute Gasteiger partial charge is 0.298 e. The number of nitrogens with zero attached hydrogens (tertiary/aromatic N) is 1. The van der Waals surface area contributed by atoms with E-state index in [1.807, 2.05) is 24.3 Å². The first-order valence-electron chi connectivity index (χ1n) is 5.61. The summed E-state index contributed by atoms with van der Waals surface area (Å²) in [4.78, 5) is 15.3. The molecule has 1 aliphatic heterocycles. The standard InChI is InChI=1S/C13H16N2O2/c1-8(2)9-4-6-10(7-5-9)13(3)11(16)15-12(14)17-13/h4-8H,1-3H3,(H2,14,15,16). The molecule has 0 aromatic heterocycles. The van der Waals surface area contributed by atoms with Gasteiger partial charge in [0.2, 0.25) is 5.60 Å². The van der Waals surface area contributed by atoms with Crippen LogP contribution in [0.5, 0.6) is 0 Å². The number of aliphatic imine (C=N–C) groups is 1. The molecule has 17 heavy (non-hydrogen) atoms. The van der Waals surface area contributed by atoms with Crippen LogP contribution in [-0.2, 0) is 15.1 Å². The minimum absolute atomic E-state index is 0.0644. The van der Waals surface area contributed by atoms with Crippen molar-refractivity contribution in [1.82, 2.24) is 0 Å². The van der Waals surface area contributed by atoms with Gasteiger partial charge < -0.3 is 10.5 Å². The van der Waals surface area contributed by atoms with Crippen LogP contribution in [0.2, 0.25) is 0 Å². The lowest BCUT2D eigenvalue weighted by Gasteiger charge is -2.21. The molecule has 4 heteroatoms. The Hall–Kier alpha value is -1.84. The van der Waals surface area contributed by atoms with E-state index in [0.29, 0.717) is 5.92 Å². The second kappa shape index (κ2) is 3.87. The molecule has 1 aliphatic rings. The van der Waals surface area contributed by atoms with Gasteiger partial charge in [0, 0.05) is 5.56 Å². The maximum absolute atomic E-state index is 11.7. The summed E-state index contributed by atoms with van der Waals surface area (Å²) in [6.45, 7) is 5.92. The second-order valence-electron chi connectivity index (χ2n) is 4.67. The average Bonchev–Trinajstić information content (AvgIpc) is 2.54. The molecule has 1 unspecified atom stereocenters. The van der Waals surface area contributed by atoms with Crippen LogP contribution in [0.4, 0.5) is 0 Å². The SMILES string of the molecule is CC(C)c1ccc(C2(C)OC(N)=NC2=O)cc1. The van der Waals surface area contributed by atoms with Crippen molar-refractivity contribution < 1.29 is 9.53 Å². The maximum Gasteiger partial charge on any atom is 0.298 e. The number of hydrogen-bond donors (Lipinski definition) is 1. The summed E-state index contributed by atoms with van der Waals surface area (Å²) in [6.07, 6.45) is 0. The molecule has 0 spiro atoms. The Balaban J connectivity index is 2.33. The van der Waals surface area contributed by atoms with Crippen molar-refractivity contribution in [3.05, 3.63) is 35.4 Å². The van der Waals surface area contributed by atoms with Crippen molar-refractivity contribution in [2.24, 2.45) is 10.7 Å². The van der Waals surface area contributed by atoms with Gasteiger partial charge in [0.15, 0.2) is 0 Å². The Bertz CT molecular complexity index is 477. The molecule has 0 fully saturated rings. The van der Waals surface area contributed by atoms with Crippen LogP contribution in [0.15, 0.2) is 29.3 Å². The Labute approximate surface area is 100 Å². The molecule has 4 nitrogen and oxygen atoms in total. The summed E-state index contributed by atoms with van der Waals surface area (Å²) in [7, 11) is 0. The minimum atomic E-state index is -1.07. The largest absolute Gasteiger partial charge is 0.444 e. The molecule has 0 radical (unpaired) electrons. The number of hydrogen-bond acceptors (Lipinski definition) is 3. The first kappa shape index (κ1) is 11.6. The van der Waals surface area contributed by atoms with Crippen molar-refractivity contribution in [3.63, 3.8) is 0 Å². The van der Waals surface area contributed by atoms with Crippen LogP contribution in [0.3, 0.4) is 0 Å². The fraction of sp³-hybridized carbons (Fsp3) is 0.385. The Morgan fingerprint density at radius 2 is 1.88 bits per heavy atom. The maximum atomic E-state index is 11.7. The van der Waals surface area contributed by atoms with E-state index in [0.717, 1.165) is 5.56 Å². The highest BCUT2D eigenvalue weighted by molar-refractivity contribution is 6.01. The lowest BCUT2D eigenvalue weighted by molar-refractivity contribution is -0.130. The average molecular weight is 232 g/mol. The molecule has 1 amide bonds. The van der Waals surface area contributed by atoms with Crippen LogP contribution in [0.25, 0.3) is 0 Å². The summed E-state index contributed by atoms with van der Waals surface area (Å²) in [5, 5.41) is 0. The summed E-state index contributed by atoms with van der Waals surface area (Å²) in [5.41, 5.74) is 6.35. The number of rotatable bonds is 2. The van der Waals surface area contributed by atoms with Gasteiger partial charge in [-0.15, -0.1) is 0 Å². The first-order valence-corrected chi connectivity index (χ1v) is 5.61. The highest BCUT2D eigenvalue weighted by Crippen LogP contribution is 2.31. The zero-order valence-electron chi connectivity index (χ0n) is 10.2. The number of nitrogens with two attached hydrogens (primary N) is 1. The molecule has 0 saturated heterocycles. The van der Waals surface area contributed by atoms with Gasteiger partial charge in [0.05, 0.1) is 0 Å². The minimum Gasteiger partial charge on any atom is -0.444 e. The number of amidine groups is 1. The second-order valence-corrected chi connectivity index (χ2v) is 4.67. The van der Waals surface area contributed by atoms with E-state index < -0.39 is 5.60 Å². The van der Waals surface area contributed by atoms with Crippen LogP contribution in [0, 0.1) is 0 Å². The number of carbonyl (C=O) groups excluding carboxylic acids is 1. The van der Waals surface area contributed by atoms with Gasteiger partial charge in [-0.1, -0.05) is 38.1 Å². The fourth-order valence-electron chi connectivity index (χ4n) is 1.85. The summed E-state index contributed by atoms with van der Waals surface area (Å²) in [6, 6.07) is 7.71. The molecule has 2 N–H and O–H groups in total. The molecule has 0 bridgehead atoms. The van der Waals surface area contributed by atoms with Crippen LogP contribution in [-0.4, -0.2) is 11.9 Å². The van der Waals surface area contributed by atoms with E-state index in [2.05, 4.69) is 18.8 Å². The molecule has 1 aromatic rings. The summed E-state index contributed by atoms with van der Waals surface area (Å²) >= 11 is 0. The Kier molecular flexibility index (Phi) is 2.65. The Morgan fingerprint density at radius 3 is 2.29 bits per heavy atom. The molecular formula is C13H16N2O2. The van der Waals surface area contributed by atoms with Crippen LogP contribution >= 0.6 is 0 Å². The van der Waals surface area contributed by atoms with E-state index in [9.17, 15) is 4.79 Å². The van der Waals surface area contributed by atoms with Crippen molar-refractivity contribution >= 4 is 11.9 Å². The molecule has 2 rings (SSSR count). The van der Waals surface area contributed by atoms with Gasteiger partial charge in [-0.25, -0.2) is 0 Å². The normalized spacial score (nSPS) is 23.8. The molecule has 1 aromatic carbocycles. The van der Waals surface area contributed by atoms with Crippen molar-refractivity contribution in [2.75, 3.05) is 0 Å². The third-order valence-electron chi connectivity index (χ3n) is 3.06. The van der Waals surface area contributed by atoms with E-state index in [4.69, 9.17) is 10.5 Å². The summed E-state index contributed by atoms with van der Waals surface area (Å²) in [5.74, 6) is 0.102. The summed E-state index contributed by atoms with van der Waals surface area (Å²) < 4.78 is 5.33. The fourth-order valence-corrected chi connectivity index (χ4v) is 1.85. The van der Waals surface area contributed by atoms with E-state index >= 15 is 0 Å². The molecule has 0 aliphatic carbocycles. The number of ether oxygens (including phenoxy) is 1. The van der Waals surface area contributed by atoms with Gasteiger partial charge in [0.1, 0.15) is 0 Å². The lowest BCUT2D eigenvalue weighted by atomic mass is 9.92. The highest BCUT2D eigenvalue weighted by atomic mass is 16.5. The van der Waals surface area contributed by atoms with Gasteiger partial charge in [-0.05, 0) is 18.4 Å². The van der Waals surface area contributed by atoms with Crippen LogP contribution < -0.4 is 5.73 Å². The molecule has 90 valence electrons. The third-order valence-corrected chi connectivity index (χ3v) is 3.06. The number of benzene rings is 1. The van der Waals surface area contributed by atoms with Gasteiger partial charge in [0.25, 0.3) is 11.9 Å². The zero-order valence-corrected chi connectivity index (χ0v) is 10.2. The lowest BCUT2D eigenvalue weighted by Crippen LogP contribution is -2.31. The van der Waals surface area contributed by atoms with Gasteiger partial charge in [-0.2, -0.15) is 4.99 Å². The predicted molar refractivity (Wildman–Crippen MR) is 65.6 cm³/mol. The van der Waals surface area contributed by atoms with Gasteiger partial charge >= 0.3 is 0 Å². The van der Waals surface area contributed by atoms with Crippen LogP contribution in [0.1, 0.15) is 37.8 Å². The number of amides is 1. The molecule has 1 heterocycles. The van der Waals surface area contributed by atoms with Crippen molar-refractivity contribution in [2.45, 2.75) is 32.3 Å². The van der Waals surface area contributed by atoms with E-state index in [1.54, 1.807) is 6.92 Å². The molecule has 0 saturated carbocycles. The van der Waals surface area contributed by atoms with Crippen molar-refractivity contribution in [1.29, 1.82) is 0 Å². The quantitative estimate of drug-likeness (QED) is 0.846. The zero-order chi connectivity index (χ0) is 12.6. The van der Waals surface area contributed by atoms with E-state index in [-0.39, 0.29) is 11.9 Å². The van der Waals surface area contributed by atoms with E-state index in [1.165, 1.54) is 5.56 Å². The third kappa shape index (κ3) is 1.90. The molecular weight excluding hydrogens is 216 g/mol. The predicted octanol–water partition coefficient (Wildman–Crippen LogP) is 1.90. The first-order chi connectivity index (χ1) is 7.93. The van der Waals surface area contributed by atoms with Crippen molar-refractivity contribution in [3.8, 4) is 0 Å². The number of carbonyl (C=O) groups is 1. The highest BCUT2D eigenvalue weighted by Gasteiger charge is 2.43. The van der Waals surface area contributed by atoms with Gasteiger partial charge in [-0.3, -0.25) is 4.79 Å².